The molecule has 2 saturated heterocycles. The van der Waals surface area contributed by atoms with Gasteiger partial charge in [-0.25, -0.2) is 4.39 Å². The average Bonchev–Trinajstić information content (AvgIpc) is 3.10. The van der Waals surface area contributed by atoms with E-state index in [2.05, 4.69) is 20.1 Å². The number of nitrogens with zero attached hydrogens (tertiary/aromatic N) is 3. The van der Waals surface area contributed by atoms with Crippen LogP contribution in [0.25, 0.3) is 0 Å². The molecule has 0 spiro atoms. The van der Waals surface area contributed by atoms with Gasteiger partial charge in [-0.3, -0.25) is 4.99 Å². The molecule has 0 aliphatic carbocycles. The number of nitrogens with one attached hydrogen (secondary N) is 1. The van der Waals surface area contributed by atoms with Crippen molar-refractivity contribution in [1.82, 2.24) is 10.2 Å². The molecule has 1 aromatic rings. The molecule has 1 aromatic carbocycles. The van der Waals surface area contributed by atoms with Crippen LogP contribution in [0.4, 0.5) is 10.1 Å². The predicted octanol–water partition coefficient (Wildman–Crippen LogP) is 1.70. The van der Waals surface area contributed by atoms with Crippen LogP contribution in [-0.2, 0) is 4.74 Å². The van der Waals surface area contributed by atoms with Gasteiger partial charge in [0.15, 0.2) is 5.96 Å². The Bertz CT molecular complexity index is 520. The first kappa shape index (κ1) is 16.1. The number of piperazine rings is 1. The minimum Gasteiger partial charge on any atom is -0.376 e. The molecule has 126 valence electrons. The van der Waals surface area contributed by atoms with E-state index in [0.29, 0.717) is 6.10 Å². The van der Waals surface area contributed by atoms with E-state index in [1.807, 2.05) is 19.2 Å². The monoisotopic (exact) mass is 320 g/mol. The molecule has 1 unspecified atom stereocenters. The van der Waals surface area contributed by atoms with Gasteiger partial charge in [0.2, 0.25) is 0 Å². The van der Waals surface area contributed by atoms with Crippen LogP contribution in [0.2, 0.25) is 0 Å². The van der Waals surface area contributed by atoms with Gasteiger partial charge in [0, 0.05) is 52.1 Å². The fraction of sp³-hybridized carbons (Fsp3) is 0.588. The zero-order valence-electron chi connectivity index (χ0n) is 13.7. The molecule has 0 saturated carbocycles. The van der Waals surface area contributed by atoms with E-state index in [1.54, 1.807) is 0 Å². The number of ether oxygens (including phenoxy) is 1. The average molecular weight is 320 g/mol. The van der Waals surface area contributed by atoms with Crippen molar-refractivity contribution in [2.75, 3.05) is 51.3 Å². The topological polar surface area (TPSA) is 40.1 Å². The van der Waals surface area contributed by atoms with Crippen molar-refractivity contribution in [2.45, 2.75) is 18.9 Å². The summed E-state index contributed by atoms with van der Waals surface area (Å²) in [4.78, 5) is 8.94. The van der Waals surface area contributed by atoms with Gasteiger partial charge in [0.1, 0.15) is 5.82 Å². The smallest absolute Gasteiger partial charge is 0.193 e. The second-order valence-electron chi connectivity index (χ2n) is 6.01. The lowest BCUT2D eigenvalue weighted by Gasteiger charge is -2.37. The summed E-state index contributed by atoms with van der Waals surface area (Å²) in [5.41, 5.74) is 1.08. The molecule has 5 nitrogen and oxygen atoms in total. The normalized spacial score (nSPS) is 22.5. The molecule has 0 amide bonds. The van der Waals surface area contributed by atoms with E-state index in [0.717, 1.165) is 63.8 Å². The summed E-state index contributed by atoms with van der Waals surface area (Å²) in [5, 5.41) is 3.43. The number of hydrogen-bond acceptors (Lipinski definition) is 3. The Morgan fingerprint density at radius 2 is 2.00 bits per heavy atom. The Labute approximate surface area is 137 Å². The predicted molar refractivity (Wildman–Crippen MR) is 90.5 cm³/mol. The van der Waals surface area contributed by atoms with E-state index in [1.165, 1.54) is 12.1 Å². The quantitative estimate of drug-likeness (QED) is 0.680. The molecule has 1 atom stereocenters. The summed E-state index contributed by atoms with van der Waals surface area (Å²) in [6.07, 6.45) is 2.59. The van der Waals surface area contributed by atoms with Crippen LogP contribution < -0.4 is 10.2 Å². The van der Waals surface area contributed by atoms with Gasteiger partial charge in [-0.15, -0.1) is 0 Å². The Morgan fingerprint density at radius 3 is 2.61 bits per heavy atom. The van der Waals surface area contributed by atoms with Crippen molar-refractivity contribution < 1.29 is 9.13 Å². The Hall–Kier alpha value is -1.82. The Balaban J connectivity index is 1.49. The number of halogens is 1. The van der Waals surface area contributed by atoms with Crippen LogP contribution >= 0.6 is 0 Å². The van der Waals surface area contributed by atoms with Crippen LogP contribution in [0.3, 0.4) is 0 Å². The van der Waals surface area contributed by atoms with Crippen molar-refractivity contribution in [1.29, 1.82) is 0 Å². The van der Waals surface area contributed by atoms with Gasteiger partial charge < -0.3 is 19.9 Å². The minimum absolute atomic E-state index is 0.189. The third-order valence-corrected chi connectivity index (χ3v) is 4.49. The molecule has 0 aromatic heterocycles. The highest BCUT2D eigenvalue weighted by atomic mass is 19.1. The molecule has 23 heavy (non-hydrogen) atoms. The second kappa shape index (κ2) is 7.64. The summed E-state index contributed by atoms with van der Waals surface area (Å²) >= 11 is 0. The highest BCUT2D eigenvalue weighted by molar-refractivity contribution is 5.80. The van der Waals surface area contributed by atoms with Gasteiger partial charge >= 0.3 is 0 Å². The molecule has 1 N–H and O–H groups in total. The standard InChI is InChI=1S/C17H25FN4O/c1-19-17(20-13-16-3-2-12-23-16)22-10-8-21(9-11-22)15-6-4-14(18)5-7-15/h4-7,16H,2-3,8-13H2,1H3,(H,19,20). The number of hydrogen-bond donors (Lipinski definition) is 1. The third kappa shape index (κ3) is 4.13. The lowest BCUT2D eigenvalue weighted by Crippen LogP contribution is -2.53. The zero-order valence-corrected chi connectivity index (χ0v) is 13.7. The lowest BCUT2D eigenvalue weighted by molar-refractivity contribution is 0.113. The summed E-state index contributed by atoms with van der Waals surface area (Å²) in [6.45, 7) is 5.33. The van der Waals surface area contributed by atoms with Gasteiger partial charge in [0.05, 0.1) is 6.10 Å². The van der Waals surface area contributed by atoms with Crippen molar-refractivity contribution in [3.8, 4) is 0 Å². The number of rotatable bonds is 3. The second-order valence-corrected chi connectivity index (χ2v) is 6.01. The molecule has 2 fully saturated rings. The van der Waals surface area contributed by atoms with E-state index in [4.69, 9.17) is 4.74 Å². The molecule has 3 rings (SSSR count). The molecule has 2 heterocycles. The highest BCUT2D eigenvalue weighted by Gasteiger charge is 2.21. The molecule has 2 aliphatic heterocycles. The molecule has 6 heteroatoms. The number of benzene rings is 1. The van der Waals surface area contributed by atoms with Crippen LogP contribution in [0, 0.1) is 5.82 Å². The number of aliphatic imine (C=N–C) groups is 1. The third-order valence-electron chi connectivity index (χ3n) is 4.49. The molecule has 0 radical (unpaired) electrons. The first-order chi connectivity index (χ1) is 11.3. The maximum absolute atomic E-state index is 13.0. The van der Waals surface area contributed by atoms with Crippen LogP contribution in [0.15, 0.2) is 29.3 Å². The minimum atomic E-state index is -0.189. The highest BCUT2D eigenvalue weighted by Crippen LogP contribution is 2.17. The van der Waals surface area contributed by atoms with Crippen LogP contribution in [0.1, 0.15) is 12.8 Å². The summed E-state index contributed by atoms with van der Waals surface area (Å²) < 4.78 is 18.7. The SMILES string of the molecule is CN=C(NCC1CCCO1)N1CCN(c2ccc(F)cc2)CC1. The Morgan fingerprint density at radius 1 is 1.26 bits per heavy atom. The Kier molecular flexibility index (Phi) is 5.33. The van der Waals surface area contributed by atoms with Gasteiger partial charge in [0.25, 0.3) is 0 Å². The molecule has 2 aliphatic rings. The molecular formula is C17H25FN4O. The first-order valence-corrected chi connectivity index (χ1v) is 8.34. The van der Waals surface area contributed by atoms with Crippen molar-refractivity contribution in [3.63, 3.8) is 0 Å². The van der Waals surface area contributed by atoms with Crippen molar-refractivity contribution >= 4 is 11.6 Å². The van der Waals surface area contributed by atoms with Crippen LogP contribution in [0.5, 0.6) is 0 Å². The first-order valence-electron chi connectivity index (χ1n) is 8.34. The van der Waals surface area contributed by atoms with Crippen molar-refractivity contribution in [2.24, 2.45) is 4.99 Å². The summed E-state index contributed by atoms with van der Waals surface area (Å²) in [6, 6.07) is 6.72. The fourth-order valence-electron chi connectivity index (χ4n) is 3.17. The maximum atomic E-state index is 13.0. The number of guanidine groups is 1. The van der Waals surface area contributed by atoms with E-state index >= 15 is 0 Å². The summed E-state index contributed by atoms with van der Waals surface area (Å²) in [7, 11) is 1.82. The molecule has 0 bridgehead atoms. The maximum Gasteiger partial charge on any atom is 0.193 e. The van der Waals surface area contributed by atoms with Gasteiger partial charge in [-0.05, 0) is 37.1 Å². The largest absolute Gasteiger partial charge is 0.376 e. The fourth-order valence-corrected chi connectivity index (χ4v) is 3.17. The molecular weight excluding hydrogens is 295 g/mol. The van der Waals surface area contributed by atoms with E-state index in [9.17, 15) is 4.39 Å². The van der Waals surface area contributed by atoms with E-state index < -0.39 is 0 Å². The van der Waals surface area contributed by atoms with Gasteiger partial charge in [-0.1, -0.05) is 0 Å². The van der Waals surface area contributed by atoms with E-state index in [-0.39, 0.29) is 5.82 Å². The van der Waals surface area contributed by atoms with Gasteiger partial charge in [-0.2, -0.15) is 0 Å². The summed E-state index contributed by atoms with van der Waals surface area (Å²) in [5.74, 6) is 0.755. The van der Waals surface area contributed by atoms with Crippen LogP contribution in [-0.4, -0.2) is 63.3 Å². The number of anilines is 1. The zero-order chi connectivity index (χ0) is 16.1. The lowest BCUT2D eigenvalue weighted by atomic mass is 10.2. The van der Waals surface area contributed by atoms with Crippen molar-refractivity contribution in [3.05, 3.63) is 30.1 Å².